The highest BCUT2D eigenvalue weighted by Gasteiger charge is 2.65. The van der Waals surface area contributed by atoms with Gasteiger partial charge in [0.15, 0.2) is 0 Å². The summed E-state index contributed by atoms with van der Waals surface area (Å²) in [5, 5.41) is 12.2. The van der Waals surface area contributed by atoms with Crippen LogP contribution in [0.3, 0.4) is 0 Å². The van der Waals surface area contributed by atoms with Crippen molar-refractivity contribution in [2.24, 2.45) is 11.3 Å². The molecule has 164 valence electrons. The van der Waals surface area contributed by atoms with Gasteiger partial charge in [0.05, 0.1) is 11.6 Å². The quantitative estimate of drug-likeness (QED) is 0.526. The van der Waals surface area contributed by atoms with E-state index in [0.29, 0.717) is 18.4 Å². The van der Waals surface area contributed by atoms with Crippen LogP contribution in [-0.4, -0.2) is 65.1 Å². The highest BCUT2D eigenvalue weighted by molar-refractivity contribution is 5.76. The third-order valence-electron chi connectivity index (χ3n) is 8.63. The molecule has 0 aromatic rings. The first-order valence-electron chi connectivity index (χ1n) is 12.4. The van der Waals surface area contributed by atoms with E-state index in [1.807, 2.05) is 6.08 Å². The second-order valence-corrected chi connectivity index (χ2v) is 10.4. The van der Waals surface area contributed by atoms with Gasteiger partial charge in [0.25, 0.3) is 0 Å². The van der Waals surface area contributed by atoms with Gasteiger partial charge in [-0.05, 0) is 101 Å². The van der Waals surface area contributed by atoms with Gasteiger partial charge >= 0.3 is 0 Å². The molecule has 5 rings (SSSR count). The molecule has 0 amide bonds. The SMILES string of the molecule is O=CC1=C[C@@]2(O)CC/C=C\CCCCN3CC[C@@H]1[C@]1(C[C@@H]4/C=C\CCCCN4C12)C3. The van der Waals surface area contributed by atoms with E-state index in [0.717, 1.165) is 63.7 Å². The summed E-state index contributed by atoms with van der Waals surface area (Å²) >= 11 is 0. The molecule has 0 saturated carbocycles. The number of nitrogens with zero attached hydrogens (tertiary/aromatic N) is 2. The molecule has 0 aromatic heterocycles. The van der Waals surface area contributed by atoms with Crippen molar-refractivity contribution in [2.45, 2.75) is 81.9 Å². The smallest absolute Gasteiger partial charge is 0.146 e. The van der Waals surface area contributed by atoms with E-state index >= 15 is 0 Å². The highest BCUT2D eigenvalue weighted by Crippen LogP contribution is 2.59. The zero-order chi connectivity index (χ0) is 20.6. The molecule has 2 unspecified atom stereocenters. The third kappa shape index (κ3) is 3.45. The summed E-state index contributed by atoms with van der Waals surface area (Å²) in [5.41, 5.74) is -0.0582. The fourth-order valence-corrected chi connectivity index (χ4v) is 7.53. The first-order valence-corrected chi connectivity index (χ1v) is 12.4. The lowest BCUT2D eigenvalue weighted by Crippen LogP contribution is -2.66. The average Bonchev–Trinajstić information content (AvgIpc) is 3.01. The Kier molecular flexibility index (Phi) is 5.76. The van der Waals surface area contributed by atoms with Crippen molar-refractivity contribution in [1.29, 1.82) is 0 Å². The van der Waals surface area contributed by atoms with Crippen LogP contribution < -0.4 is 0 Å². The van der Waals surface area contributed by atoms with Crippen LogP contribution in [-0.2, 0) is 4.79 Å². The fraction of sp³-hybridized carbons (Fsp3) is 0.731. The fourth-order valence-electron chi connectivity index (χ4n) is 7.53. The van der Waals surface area contributed by atoms with Crippen molar-refractivity contribution in [3.63, 3.8) is 0 Å². The Morgan fingerprint density at radius 3 is 2.67 bits per heavy atom. The first kappa shape index (κ1) is 20.7. The number of piperidine rings is 1. The van der Waals surface area contributed by atoms with Crippen LogP contribution in [0.15, 0.2) is 36.0 Å². The zero-order valence-corrected chi connectivity index (χ0v) is 18.3. The Morgan fingerprint density at radius 1 is 1.00 bits per heavy atom. The molecule has 0 radical (unpaired) electrons. The van der Waals surface area contributed by atoms with Crippen LogP contribution in [0, 0.1) is 11.3 Å². The van der Waals surface area contributed by atoms with E-state index in [4.69, 9.17) is 0 Å². The lowest BCUT2D eigenvalue weighted by molar-refractivity contribution is -0.114. The molecule has 2 saturated heterocycles. The number of rotatable bonds is 1. The standard InChI is InChI=1S/C26H38N2O2/c29-19-21-17-26(30)13-8-4-1-2-5-9-14-27-16-12-23(21)25(20-27)18-22-11-7-3-6-10-15-28(22)24(25)26/h1,4,7,11,17,19,22-24,30H,2-3,5-6,8-10,12-16,18,20H2/b4-1-,11-7-/t22-,23-,24?,25-,26-/m0/s1. The summed E-state index contributed by atoms with van der Waals surface area (Å²) in [6.07, 6.45) is 23.4. The molecule has 2 fully saturated rings. The number of hydrogen-bond donors (Lipinski definition) is 1. The first-order chi connectivity index (χ1) is 14.7. The van der Waals surface area contributed by atoms with Crippen LogP contribution in [0.1, 0.15) is 64.2 Å². The second kappa shape index (κ2) is 8.37. The van der Waals surface area contributed by atoms with E-state index in [1.54, 1.807) is 0 Å². The van der Waals surface area contributed by atoms with E-state index in [-0.39, 0.29) is 11.5 Å². The average molecular weight is 411 g/mol. The summed E-state index contributed by atoms with van der Waals surface area (Å²) in [6.45, 7) is 4.33. The molecular weight excluding hydrogens is 372 g/mol. The molecule has 6 atom stereocenters. The van der Waals surface area contributed by atoms with Crippen molar-refractivity contribution in [1.82, 2.24) is 9.80 Å². The number of carbonyl (C=O) groups is 1. The highest BCUT2D eigenvalue weighted by atomic mass is 16.3. The normalized spacial score (nSPS) is 46.6. The third-order valence-corrected chi connectivity index (χ3v) is 8.63. The van der Waals surface area contributed by atoms with Crippen molar-refractivity contribution < 1.29 is 9.90 Å². The molecule has 1 spiro atoms. The largest absolute Gasteiger partial charge is 0.384 e. The molecule has 0 aromatic carbocycles. The molecule has 1 aliphatic carbocycles. The van der Waals surface area contributed by atoms with Gasteiger partial charge in [-0.1, -0.05) is 24.3 Å². The molecule has 4 heterocycles. The van der Waals surface area contributed by atoms with Crippen LogP contribution >= 0.6 is 0 Å². The number of allylic oxidation sites excluding steroid dienone is 4. The van der Waals surface area contributed by atoms with E-state index < -0.39 is 5.60 Å². The number of carbonyl (C=O) groups excluding carboxylic acids is 1. The Labute approximate surface area is 181 Å². The number of aliphatic hydroxyl groups is 1. The molecule has 5 aliphatic rings. The summed E-state index contributed by atoms with van der Waals surface area (Å²) in [4.78, 5) is 17.5. The zero-order valence-electron chi connectivity index (χ0n) is 18.3. The monoisotopic (exact) mass is 410 g/mol. The summed E-state index contributed by atoms with van der Waals surface area (Å²) in [7, 11) is 0. The van der Waals surface area contributed by atoms with Gasteiger partial charge in [0.2, 0.25) is 0 Å². The van der Waals surface area contributed by atoms with Gasteiger partial charge in [-0.15, -0.1) is 0 Å². The number of fused-ring (bicyclic) bond motifs is 2. The molecule has 4 aliphatic heterocycles. The number of aldehydes is 1. The Balaban J connectivity index is 1.63. The van der Waals surface area contributed by atoms with Gasteiger partial charge in [0, 0.05) is 18.0 Å². The van der Waals surface area contributed by atoms with E-state index in [2.05, 4.69) is 34.1 Å². The Bertz CT molecular complexity index is 743. The Morgan fingerprint density at radius 2 is 1.80 bits per heavy atom. The van der Waals surface area contributed by atoms with Gasteiger partial charge in [-0.3, -0.25) is 9.69 Å². The van der Waals surface area contributed by atoms with Crippen LogP contribution in [0.2, 0.25) is 0 Å². The van der Waals surface area contributed by atoms with Crippen molar-refractivity contribution in [3.8, 4) is 0 Å². The van der Waals surface area contributed by atoms with Gasteiger partial charge < -0.3 is 10.0 Å². The predicted octanol–water partition coefficient (Wildman–Crippen LogP) is 3.87. The van der Waals surface area contributed by atoms with Gasteiger partial charge in [-0.25, -0.2) is 0 Å². The van der Waals surface area contributed by atoms with E-state index in [1.165, 1.54) is 32.1 Å². The lowest BCUT2D eigenvalue weighted by atomic mass is 9.55. The van der Waals surface area contributed by atoms with Crippen LogP contribution in [0.25, 0.3) is 0 Å². The van der Waals surface area contributed by atoms with Crippen molar-refractivity contribution in [3.05, 3.63) is 36.0 Å². The maximum atomic E-state index is 12.2. The minimum absolute atomic E-state index is 0.0187. The summed E-state index contributed by atoms with van der Waals surface area (Å²) < 4.78 is 0. The minimum Gasteiger partial charge on any atom is -0.384 e. The number of hydrogen-bond acceptors (Lipinski definition) is 4. The van der Waals surface area contributed by atoms with Crippen molar-refractivity contribution in [2.75, 3.05) is 26.2 Å². The lowest BCUT2D eigenvalue weighted by Gasteiger charge is -2.57. The Hall–Kier alpha value is -1.23. The molecular formula is C26H38N2O2. The molecule has 30 heavy (non-hydrogen) atoms. The topological polar surface area (TPSA) is 43.8 Å². The maximum Gasteiger partial charge on any atom is 0.146 e. The summed E-state index contributed by atoms with van der Waals surface area (Å²) in [5.74, 6) is 0.291. The molecule has 1 N–H and O–H groups in total. The van der Waals surface area contributed by atoms with E-state index in [9.17, 15) is 9.90 Å². The van der Waals surface area contributed by atoms with Gasteiger partial charge in [0.1, 0.15) is 6.29 Å². The summed E-state index contributed by atoms with van der Waals surface area (Å²) in [6, 6.07) is 0.510. The van der Waals surface area contributed by atoms with Crippen LogP contribution in [0.5, 0.6) is 0 Å². The second-order valence-electron chi connectivity index (χ2n) is 10.4. The minimum atomic E-state index is -0.921. The molecule has 3 bridgehead atoms. The van der Waals surface area contributed by atoms with Gasteiger partial charge in [-0.2, -0.15) is 0 Å². The van der Waals surface area contributed by atoms with Crippen molar-refractivity contribution >= 4 is 6.29 Å². The van der Waals surface area contributed by atoms with Crippen LogP contribution in [0.4, 0.5) is 0 Å². The maximum absolute atomic E-state index is 12.2. The molecule has 4 heteroatoms. The molecule has 4 nitrogen and oxygen atoms in total. The predicted molar refractivity (Wildman–Crippen MR) is 120 cm³/mol.